The highest BCUT2D eigenvalue weighted by Gasteiger charge is 2.17. The van der Waals surface area contributed by atoms with Gasteiger partial charge in [-0.1, -0.05) is 28.6 Å². The van der Waals surface area contributed by atoms with Gasteiger partial charge in [0.25, 0.3) is 5.89 Å². The Hall–Kier alpha value is -3.03. The standard InChI is InChI=1S/C13H11N5O3/c1-8-11(13(19)20)15-17-18(8)7-10-14-12(21-16-10)9-5-3-2-4-6-9/h2-6H,7H2,1H3,(H,19,20). The number of carbonyl (C=O) groups is 1. The van der Waals surface area contributed by atoms with Gasteiger partial charge in [0.2, 0.25) is 0 Å². The van der Waals surface area contributed by atoms with E-state index in [-0.39, 0.29) is 12.2 Å². The summed E-state index contributed by atoms with van der Waals surface area (Å²) in [6, 6.07) is 9.37. The zero-order chi connectivity index (χ0) is 14.8. The topological polar surface area (TPSA) is 107 Å². The molecule has 0 aliphatic carbocycles. The van der Waals surface area contributed by atoms with E-state index in [0.717, 1.165) is 5.56 Å². The van der Waals surface area contributed by atoms with Crippen molar-refractivity contribution in [2.24, 2.45) is 0 Å². The molecule has 1 N–H and O–H groups in total. The van der Waals surface area contributed by atoms with E-state index in [1.165, 1.54) is 4.68 Å². The Bertz CT molecular complexity index is 778. The molecule has 0 radical (unpaired) electrons. The molecule has 0 atom stereocenters. The van der Waals surface area contributed by atoms with Crippen molar-refractivity contribution in [2.75, 3.05) is 0 Å². The molecule has 0 unspecified atom stereocenters. The summed E-state index contributed by atoms with van der Waals surface area (Å²) in [4.78, 5) is 15.2. The highest BCUT2D eigenvalue weighted by molar-refractivity contribution is 5.86. The van der Waals surface area contributed by atoms with Crippen molar-refractivity contribution in [3.05, 3.63) is 47.5 Å². The third-order valence-electron chi connectivity index (χ3n) is 2.97. The first-order valence-electron chi connectivity index (χ1n) is 6.16. The maximum Gasteiger partial charge on any atom is 0.358 e. The van der Waals surface area contributed by atoms with Crippen molar-refractivity contribution in [2.45, 2.75) is 13.5 Å². The fourth-order valence-electron chi connectivity index (χ4n) is 1.86. The van der Waals surface area contributed by atoms with E-state index in [1.54, 1.807) is 6.92 Å². The molecule has 0 bridgehead atoms. The summed E-state index contributed by atoms with van der Waals surface area (Å²) >= 11 is 0. The monoisotopic (exact) mass is 285 g/mol. The Morgan fingerprint density at radius 3 is 2.76 bits per heavy atom. The van der Waals surface area contributed by atoms with Crippen LogP contribution in [0.1, 0.15) is 22.0 Å². The zero-order valence-electron chi connectivity index (χ0n) is 11.1. The van der Waals surface area contributed by atoms with E-state index in [9.17, 15) is 4.79 Å². The molecule has 0 amide bonds. The lowest BCUT2D eigenvalue weighted by atomic mass is 10.2. The van der Waals surface area contributed by atoms with Crippen LogP contribution >= 0.6 is 0 Å². The summed E-state index contributed by atoms with van der Waals surface area (Å²) in [5.41, 5.74) is 1.17. The van der Waals surface area contributed by atoms with Gasteiger partial charge in [-0.05, 0) is 19.1 Å². The SMILES string of the molecule is Cc1c(C(=O)O)nnn1Cc1noc(-c2ccccc2)n1. The molecule has 3 aromatic rings. The van der Waals surface area contributed by atoms with Crippen LogP contribution in [0.3, 0.4) is 0 Å². The number of aromatic nitrogens is 5. The summed E-state index contributed by atoms with van der Waals surface area (Å²) in [6.07, 6.45) is 0. The molecule has 0 saturated carbocycles. The summed E-state index contributed by atoms with van der Waals surface area (Å²) in [6.45, 7) is 1.82. The van der Waals surface area contributed by atoms with Crippen LogP contribution in [0.15, 0.2) is 34.9 Å². The average molecular weight is 285 g/mol. The molecule has 106 valence electrons. The molecule has 1 aromatic carbocycles. The van der Waals surface area contributed by atoms with Gasteiger partial charge in [-0.25, -0.2) is 9.48 Å². The molecule has 8 heteroatoms. The van der Waals surface area contributed by atoms with E-state index in [1.807, 2.05) is 30.3 Å². The number of carboxylic acids is 1. The minimum atomic E-state index is -1.11. The molecule has 21 heavy (non-hydrogen) atoms. The van der Waals surface area contributed by atoms with Crippen LogP contribution in [0.2, 0.25) is 0 Å². The predicted octanol–water partition coefficient (Wildman–Crippen LogP) is 1.38. The quantitative estimate of drug-likeness (QED) is 0.771. The largest absolute Gasteiger partial charge is 0.476 e. The van der Waals surface area contributed by atoms with Crippen LogP contribution in [-0.4, -0.2) is 36.2 Å². The molecule has 0 fully saturated rings. The normalized spacial score (nSPS) is 10.7. The average Bonchev–Trinajstić information content (AvgIpc) is 3.08. The maximum atomic E-state index is 10.9. The van der Waals surface area contributed by atoms with E-state index < -0.39 is 5.97 Å². The second-order valence-corrected chi connectivity index (χ2v) is 4.37. The third-order valence-corrected chi connectivity index (χ3v) is 2.97. The molecule has 0 saturated heterocycles. The summed E-state index contributed by atoms with van der Waals surface area (Å²) in [5.74, 6) is -0.308. The Morgan fingerprint density at radius 1 is 1.33 bits per heavy atom. The van der Waals surface area contributed by atoms with Gasteiger partial charge in [-0.15, -0.1) is 5.10 Å². The number of hydrogen-bond donors (Lipinski definition) is 1. The minimum Gasteiger partial charge on any atom is -0.476 e. The number of nitrogens with zero attached hydrogens (tertiary/aromatic N) is 5. The fraction of sp³-hybridized carbons (Fsp3) is 0.154. The van der Waals surface area contributed by atoms with Crippen LogP contribution in [0.25, 0.3) is 11.5 Å². The van der Waals surface area contributed by atoms with Gasteiger partial charge >= 0.3 is 5.97 Å². The van der Waals surface area contributed by atoms with Gasteiger partial charge in [-0.3, -0.25) is 0 Å². The van der Waals surface area contributed by atoms with Gasteiger partial charge < -0.3 is 9.63 Å². The van der Waals surface area contributed by atoms with Gasteiger partial charge in [0.15, 0.2) is 11.5 Å². The van der Waals surface area contributed by atoms with Gasteiger partial charge in [0, 0.05) is 5.56 Å². The lowest BCUT2D eigenvalue weighted by molar-refractivity contribution is 0.0689. The Morgan fingerprint density at radius 2 is 2.10 bits per heavy atom. The number of carboxylic acid groups (broad SMARTS) is 1. The van der Waals surface area contributed by atoms with Gasteiger partial charge in [0.05, 0.1) is 5.69 Å². The summed E-state index contributed by atoms with van der Waals surface area (Å²) in [5, 5.41) is 20.2. The van der Waals surface area contributed by atoms with Gasteiger partial charge in [-0.2, -0.15) is 4.98 Å². The number of aromatic carboxylic acids is 1. The van der Waals surface area contributed by atoms with Crippen LogP contribution < -0.4 is 0 Å². The van der Waals surface area contributed by atoms with E-state index in [0.29, 0.717) is 17.4 Å². The van der Waals surface area contributed by atoms with Crippen molar-refractivity contribution in [1.82, 2.24) is 25.1 Å². The molecular weight excluding hydrogens is 274 g/mol. The van der Waals surface area contributed by atoms with E-state index in [4.69, 9.17) is 9.63 Å². The van der Waals surface area contributed by atoms with Crippen molar-refractivity contribution < 1.29 is 14.4 Å². The first kappa shape index (κ1) is 13.0. The second kappa shape index (κ2) is 5.16. The molecule has 0 spiro atoms. The van der Waals surface area contributed by atoms with Crippen molar-refractivity contribution in [3.8, 4) is 11.5 Å². The van der Waals surface area contributed by atoms with Crippen molar-refractivity contribution >= 4 is 5.97 Å². The summed E-state index contributed by atoms with van der Waals surface area (Å²) in [7, 11) is 0. The Labute approximate surface area is 119 Å². The number of benzene rings is 1. The first-order chi connectivity index (χ1) is 10.1. The lowest BCUT2D eigenvalue weighted by Crippen LogP contribution is -2.07. The molecule has 3 rings (SSSR count). The second-order valence-electron chi connectivity index (χ2n) is 4.37. The number of rotatable bonds is 4. The highest BCUT2D eigenvalue weighted by Crippen LogP contribution is 2.16. The molecule has 0 aliphatic heterocycles. The molecule has 2 aromatic heterocycles. The Kier molecular flexibility index (Phi) is 3.19. The lowest BCUT2D eigenvalue weighted by Gasteiger charge is -1.97. The Balaban J connectivity index is 1.84. The number of hydrogen-bond acceptors (Lipinski definition) is 6. The molecule has 0 aliphatic rings. The third kappa shape index (κ3) is 2.50. The van der Waals surface area contributed by atoms with Crippen LogP contribution in [-0.2, 0) is 6.54 Å². The fourth-order valence-corrected chi connectivity index (χ4v) is 1.86. The minimum absolute atomic E-state index is 0.0817. The van der Waals surface area contributed by atoms with Crippen molar-refractivity contribution in [3.63, 3.8) is 0 Å². The smallest absolute Gasteiger partial charge is 0.358 e. The first-order valence-corrected chi connectivity index (χ1v) is 6.16. The molecule has 2 heterocycles. The van der Waals surface area contributed by atoms with Crippen molar-refractivity contribution in [1.29, 1.82) is 0 Å². The van der Waals surface area contributed by atoms with Crippen LogP contribution in [0, 0.1) is 6.92 Å². The van der Waals surface area contributed by atoms with E-state index in [2.05, 4.69) is 20.5 Å². The van der Waals surface area contributed by atoms with Gasteiger partial charge in [0.1, 0.15) is 6.54 Å². The van der Waals surface area contributed by atoms with E-state index >= 15 is 0 Å². The summed E-state index contributed by atoms with van der Waals surface area (Å²) < 4.78 is 6.60. The van der Waals surface area contributed by atoms with Crippen LogP contribution in [0.4, 0.5) is 0 Å². The molecule has 8 nitrogen and oxygen atoms in total. The van der Waals surface area contributed by atoms with Crippen LogP contribution in [0.5, 0.6) is 0 Å². The molecular formula is C13H11N5O3. The zero-order valence-corrected chi connectivity index (χ0v) is 11.1. The highest BCUT2D eigenvalue weighted by atomic mass is 16.5. The predicted molar refractivity (Wildman–Crippen MR) is 70.6 cm³/mol. The maximum absolute atomic E-state index is 10.9.